The smallest absolute Gasteiger partial charge is 0.187 e. The first-order valence-corrected chi connectivity index (χ1v) is 10.7. The summed E-state index contributed by atoms with van der Waals surface area (Å²) in [5.74, 6) is -0.990. The third-order valence-electron chi connectivity index (χ3n) is 5.19. The molecule has 1 N–H and O–H groups in total. The Hall–Kier alpha value is -3.29. The van der Waals surface area contributed by atoms with E-state index in [2.05, 4.69) is 9.97 Å². The van der Waals surface area contributed by atoms with Gasteiger partial charge in [0.15, 0.2) is 10.9 Å². The number of hydrogen-bond donors (Lipinski definition) is 1. The summed E-state index contributed by atoms with van der Waals surface area (Å²) in [5, 5.41) is 12.0. The van der Waals surface area contributed by atoms with Crippen LogP contribution in [0.5, 0.6) is 0 Å². The van der Waals surface area contributed by atoms with Crippen LogP contribution in [-0.2, 0) is 4.79 Å². The number of rotatable bonds is 3. The molecule has 154 valence electrons. The molecule has 0 aliphatic carbocycles. The number of pyridine rings is 1. The lowest BCUT2D eigenvalue weighted by Gasteiger charge is -2.25. The summed E-state index contributed by atoms with van der Waals surface area (Å²) in [6.07, 6.45) is 3.04. The van der Waals surface area contributed by atoms with Crippen molar-refractivity contribution in [3.05, 3.63) is 94.5 Å². The maximum absolute atomic E-state index is 14.9. The van der Waals surface area contributed by atoms with Gasteiger partial charge in [0.25, 0.3) is 0 Å². The second-order valence-corrected chi connectivity index (χ2v) is 8.48. The first-order chi connectivity index (χ1) is 15.0. The molecule has 31 heavy (non-hydrogen) atoms. The molecule has 0 saturated carbocycles. The SMILES string of the molecule is O=C1CN(c2nc3c(Cl)cccc3s2)C(c2ccccc2F)/C1=C(\O)c1cccnc1. The molecule has 0 radical (unpaired) electrons. The van der Waals surface area contributed by atoms with Crippen LogP contribution in [0.4, 0.5) is 9.52 Å². The minimum Gasteiger partial charge on any atom is -0.507 e. The molecule has 1 saturated heterocycles. The van der Waals surface area contributed by atoms with Crippen LogP contribution in [0.2, 0.25) is 5.02 Å². The highest BCUT2D eigenvalue weighted by Gasteiger charge is 2.42. The van der Waals surface area contributed by atoms with Crippen LogP contribution in [0.25, 0.3) is 16.0 Å². The molecular weight excluding hydrogens is 437 g/mol. The largest absolute Gasteiger partial charge is 0.507 e. The number of aliphatic hydroxyl groups is 1. The molecule has 3 heterocycles. The van der Waals surface area contributed by atoms with Crippen LogP contribution in [0.1, 0.15) is 17.2 Å². The summed E-state index contributed by atoms with van der Waals surface area (Å²) in [6.45, 7) is -0.0455. The highest BCUT2D eigenvalue weighted by Crippen LogP contribution is 2.44. The number of fused-ring (bicyclic) bond motifs is 1. The van der Waals surface area contributed by atoms with E-state index in [0.717, 1.165) is 4.70 Å². The van der Waals surface area contributed by atoms with Crippen molar-refractivity contribution < 1.29 is 14.3 Å². The van der Waals surface area contributed by atoms with Crippen LogP contribution in [0.15, 0.2) is 72.6 Å². The Morgan fingerprint density at radius 3 is 2.74 bits per heavy atom. The lowest BCUT2D eigenvalue weighted by molar-refractivity contribution is -0.113. The summed E-state index contributed by atoms with van der Waals surface area (Å²) in [7, 11) is 0. The first-order valence-electron chi connectivity index (χ1n) is 9.47. The van der Waals surface area contributed by atoms with Crippen LogP contribution in [0.3, 0.4) is 0 Å². The van der Waals surface area contributed by atoms with E-state index in [-0.39, 0.29) is 29.2 Å². The Morgan fingerprint density at radius 1 is 1.16 bits per heavy atom. The molecule has 8 heteroatoms. The number of ketones is 1. The summed E-state index contributed by atoms with van der Waals surface area (Å²) >= 11 is 7.65. The highest BCUT2D eigenvalue weighted by atomic mass is 35.5. The maximum atomic E-state index is 14.9. The number of benzene rings is 2. The van der Waals surface area contributed by atoms with Crippen LogP contribution >= 0.6 is 22.9 Å². The molecule has 1 fully saturated rings. The normalized spacial score (nSPS) is 18.1. The minimum absolute atomic E-state index is 0.0455. The van der Waals surface area contributed by atoms with Crippen molar-refractivity contribution >= 4 is 49.8 Å². The van der Waals surface area contributed by atoms with Crippen molar-refractivity contribution in [2.75, 3.05) is 11.4 Å². The number of hydrogen-bond acceptors (Lipinski definition) is 6. The van der Waals surface area contributed by atoms with Gasteiger partial charge in [-0.2, -0.15) is 0 Å². The number of para-hydroxylation sites is 1. The number of carbonyl (C=O) groups is 1. The predicted octanol–water partition coefficient (Wildman–Crippen LogP) is 5.58. The summed E-state index contributed by atoms with van der Waals surface area (Å²) in [5.41, 5.74) is 1.41. The van der Waals surface area contributed by atoms with Gasteiger partial charge in [-0.05, 0) is 30.3 Å². The molecule has 4 aromatic rings. The molecule has 1 aliphatic rings. The highest BCUT2D eigenvalue weighted by molar-refractivity contribution is 7.22. The van der Waals surface area contributed by atoms with Gasteiger partial charge in [0.1, 0.15) is 17.1 Å². The zero-order valence-electron chi connectivity index (χ0n) is 16.0. The fraction of sp³-hybridized carbons (Fsp3) is 0.0870. The van der Waals surface area contributed by atoms with Crippen molar-refractivity contribution in [1.29, 1.82) is 0 Å². The molecular formula is C23H15ClFN3O2S. The van der Waals surface area contributed by atoms with Gasteiger partial charge >= 0.3 is 0 Å². The van der Waals surface area contributed by atoms with Gasteiger partial charge in [-0.3, -0.25) is 9.78 Å². The molecule has 5 rings (SSSR count). The van der Waals surface area contributed by atoms with Gasteiger partial charge in [-0.1, -0.05) is 47.2 Å². The Morgan fingerprint density at radius 2 is 2.00 bits per heavy atom. The molecule has 0 amide bonds. The van der Waals surface area contributed by atoms with Crippen molar-refractivity contribution in [2.24, 2.45) is 0 Å². The quantitative estimate of drug-likeness (QED) is 0.325. The Labute approximate surface area is 186 Å². The molecule has 2 aromatic heterocycles. The number of nitrogens with zero attached hydrogens (tertiary/aromatic N) is 3. The third-order valence-corrected chi connectivity index (χ3v) is 6.56. The first kappa shape index (κ1) is 19.7. The van der Waals surface area contributed by atoms with Gasteiger partial charge < -0.3 is 10.0 Å². The number of thiazole rings is 1. The van der Waals surface area contributed by atoms with Gasteiger partial charge in [-0.25, -0.2) is 9.37 Å². The number of anilines is 1. The summed E-state index contributed by atoms with van der Waals surface area (Å²) in [6, 6.07) is 14.2. The van der Waals surface area contributed by atoms with Crippen molar-refractivity contribution in [3.8, 4) is 0 Å². The fourth-order valence-electron chi connectivity index (χ4n) is 3.78. The van der Waals surface area contributed by atoms with Gasteiger partial charge in [0.05, 0.1) is 27.9 Å². The number of aliphatic hydroxyl groups excluding tert-OH is 1. The molecule has 1 aliphatic heterocycles. The number of carbonyl (C=O) groups excluding carboxylic acids is 1. The second-order valence-electron chi connectivity index (χ2n) is 7.06. The lowest BCUT2D eigenvalue weighted by atomic mass is 9.95. The number of aromatic nitrogens is 2. The van der Waals surface area contributed by atoms with E-state index in [1.54, 1.807) is 47.5 Å². The van der Waals surface area contributed by atoms with E-state index in [9.17, 15) is 14.3 Å². The fourth-order valence-corrected chi connectivity index (χ4v) is 5.08. The molecule has 0 spiro atoms. The maximum Gasteiger partial charge on any atom is 0.187 e. The van der Waals surface area contributed by atoms with Crippen LogP contribution < -0.4 is 4.90 Å². The molecule has 1 unspecified atom stereocenters. The standard InChI is InChI=1S/C23H15ClFN3O2S/c24-15-7-3-9-18-20(15)27-23(31-18)28-12-17(29)19(22(30)13-5-4-10-26-11-13)21(28)14-6-1-2-8-16(14)25/h1-11,21,30H,12H2/b22-19-. The van der Waals surface area contributed by atoms with E-state index in [4.69, 9.17) is 11.6 Å². The van der Waals surface area contributed by atoms with Crippen molar-refractivity contribution in [3.63, 3.8) is 0 Å². The summed E-state index contributed by atoms with van der Waals surface area (Å²) < 4.78 is 15.7. The van der Waals surface area contributed by atoms with E-state index in [1.165, 1.54) is 23.6 Å². The molecule has 2 aromatic carbocycles. The van der Waals surface area contributed by atoms with Crippen LogP contribution in [0, 0.1) is 5.82 Å². The summed E-state index contributed by atoms with van der Waals surface area (Å²) in [4.78, 5) is 23.4. The monoisotopic (exact) mass is 451 g/mol. The van der Waals surface area contributed by atoms with Gasteiger partial charge in [-0.15, -0.1) is 0 Å². The van der Waals surface area contributed by atoms with Crippen molar-refractivity contribution in [1.82, 2.24) is 9.97 Å². The Bertz CT molecular complexity index is 1340. The topological polar surface area (TPSA) is 66.3 Å². The van der Waals surface area contributed by atoms with Gasteiger partial charge in [0, 0.05) is 23.5 Å². The van der Waals surface area contributed by atoms with Crippen LogP contribution in [-0.4, -0.2) is 27.4 Å². The second kappa shape index (κ2) is 7.76. The number of halogens is 2. The van der Waals surface area contributed by atoms with E-state index >= 15 is 0 Å². The van der Waals surface area contributed by atoms with Crippen molar-refractivity contribution in [2.45, 2.75) is 6.04 Å². The molecule has 5 nitrogen and oxygen atoms in total. The van der Waals surface area contributed by atoms with E-state index in [0.29, 0.717) is 21.2 Å². The molecule has 1 atom stereocenters. The Kier molecular flexibility index (Phi) is 4.92. The zero-order chi connectivity index (χ0) is 21.5. The lowest BCUT2D eigenvalue weighted by Crippen LogP contribution is -2.24. The minimum atomic E-state index is -0.840. The Balaban J connectivity index is 1.72. The number of Topliss-reactive ketones (excluding diaryl/α,β-unsaturated/α-hetero) is 1. The van der Waals surface area contributed by atoms with E-state index < -0.39 is 11.9 Å². The zero-order valence-corrected chi connectivity index (χ0v) is 17.6. The third kappa shape index (κ3) is 3.36. The van der Waals surface area contributed by atoms with E-state index in [1.807, 2.05) is 12.1 Å². The van der Waals surface area contributed by atoms with Gasteiger partial charge in [0.2, 0.25) is 0 Å². The predicted molar refractivity (Wildman–Crippen MR) is 120 cm³/mol. The average molecular weight is 452 g/mol. The molecule has 0 bridgehead atoms. The average Bonchev–Trinajstić information content (AvgIpc) is 3.36.